The van der Waals surface area contributed by atoms with Crippen molar-refractivity contribution >= 4 is 5.69 Å². The van der Waals surface area contributed by atoms with Gasteiger partial charge in [0, 0.05) is 25.9 Å². The van der Waals surface area contributed by atoms with Crippen LogP contribution in [-0.2, 0) is 4.74 Å². The van der Waals surface area contributed by atoms with E-state index in [9.17, 15) is 0 Å². The van der Waals surface area contributed by atoms with Crippen LogP contribution in [0, 0.1) is 11.3 Å². The Kier molecular flexibility index (Phi) is 5.44. The molecule has 0 radical (unpaired) electrons. The fraction of sp³-hybridized carbons (Fsp3) is 0.538. The molecule has 1 heterocycles. The first-order valence-corrected chi connectivity index (χ1v) is 5.85. The van der Waals surface area contributed by atoms with E-state index in [0.29, 0.717) is 18.3 Å². The fourth-order valence-electron chi connectivity index (χ4n) is 1.70. The predicted molar refractivity (Wildman–Crippen MR) is 67.9 cm³/mol. The molecule has 1 unspecified atom stereocenters. The average Bonchev–Trinajstić information content (AvgIpc) is 2.39. The quantitative estimate of drug-likeness (QED) is 0.755. The lowest BCUT2D eigenvalue weighted by atomic mass is 10.1. The molecular weight excluding hydrogens is 214 g/mol. The molecule has 1 atom stereocenters. The van der Waals surface area contributed by atoms with E-state index in [4.69, 9.17) is 10.00 Å². The summed E-state index contributed by atoms with van der Waals surface area (Å²) in [6.45, 7) is 5.69. The second kappa shape index (κ2) is 6.87. The molecule has 17 heavy (non-hydrogen) atoms. The Morgan fingerprint density at radius 3 is 2.94 bits per heavy atom. The third-order valence-electron chi connectivity index (χ3n) is 2.86. The highest BCUT2D eigenvalue weighted by Crippen LogP contribution is 2.21. The Hall–Kier alpha value is -1.60. The molecule has 0 bridgehead atoms. The molecular formula is C13H19N3O. The van der Waals surface area contributed by atoms with Gasteiger partial charge in [-0.1, -0.05) is 6.92 Å². The molecule has 0 amide bonds. The van der Waals surface area contributed by atoms with E-state index in [-0.39, 0.29) is 0 Å². The molecule has 92 valence electrons. The number of hydrogen-bond donors (Lipinski definition) is 0. The number of ether oxygens (including phenoxy) is 1. The minimum Gasteiger partial charge on any atom is -0.383 e. The zero-order valence-corrected chi connectivity index (χ0v) is 10.7. The number of hydrogen-bond acceptors (Lipinski definition) is 4. The summed E-state index contributed by atoms with van der Waals surface area (Å²) in [6, 6.07) is 6.30. The summed E-state index contributed by atoms with van der Waals surface area (Å²) in [5.74, 6) is 0. The van der Waals surface area contributed by atoms with Gasteiger partial charge in [-0.05, 0) is 25.5 Å². The molecule has 0 saturated carbocycles. The van der Waals surface area contributed by atoms with Crippen LogP contribution in [0.1, 0.15) is 26.0 Å². The van der Waals surface area contributed by atoms with Crippen molar-refractivity contribution in [2.24, 2.45) is 0 Å². The first-order chi connectivity index (χ1) is 8.24. The monoisotopic (exact) mass is 233 g/mol. The van der Waals surface area contributed by atoms with Gasteiger partial charge in [0.15, 0.2) is 5.69 Å². The van der Waals surface area contributed by atoms with Crippen LogP contribution >= 0.6 is 0 Å². The van der Waals surface area contributed by atoms with Gasteiger partial charge >= 0.3 is 0 Å². The molecule has 1 rings (SSSR count). The van der Waals surface area contributed by atoms with Gasteiger partial charge in [-0.15, -0.1) is 0 Å². The first kappa shape index (κ1) is 13.5. The zero-order valence-electron chi connectivity index (χ0n) is 10.7. The minimum absolute atomic E-state index is 0.362. The molecule has 4 nitrogen and oxygen atoms in total. The van der Waals surface area contributed by atoms with Crippen LogP contribution in [0.2, 0.25) is 0 Å². The van der Waals surface area contributed by atoms with Crippen molar-refractivity contribution in [2.45, 2.75) is 26.3 Å². The molecule has 0 aromatic carbocycles. The second-order valence-corrected chi connectivity index (χ2v) is 3.93. The molecule has 1 aromatic rings. The number of methoxy groups -OCH3 is 1. The molecule has 0 N–H and O–H groups in total. The summed E-state index contributed by atoms with van der Waals surface area (Å²) in [4.78, 5) is 6.27. The maximum absolute atomic E-state index is 9.08. The highest BCUT2D eigenvalue weighted by molar-refractivity contribution is 5.56. The van der Waals surface area contributed by atoms with Crippen LogP contribution in [-0.4, -0.2) is 31.3 Å². The van der Waals surface area contributed by atoms with E-state index in [1.165, 1.54) is 0 Å². The Morgan fingerprint density at radius 2 is 2.35 bits per heavy atom. The SMILES string of the molecule is CCC(C)N(CCOC)c1cccnc1C#N. The number of anilines is 1. The number of aromatic nitrogens is 1. The van der Waals surface area contributed by atoms with Crippen LogP contribution in [0.4, 0.5) is 5.69 Å². The molecule has 0 aliphatic heterocycles. The number of nitrogens with zero attached hydrogens (tertiary/aromatic N) is 3. The van der Waals surface area contributed by atoms with Gasteiger partial charge in [0.1, 0.15) is 6.07 Å². The smallest absolute Gasteiger partial charge is 0.163 e. The van der Waals surface area contributed by atoms with Crippen LogP contribution in [0.5, 0.6) is 0 Å². The predicted octanol–water partition coefficient (Wildman–Crippen LogP) is 2.20. The van der Waals surface area contributed by atoms with Crippen molar-refractivity contribution in [1.82, 2.24) is 4.98 Å². The third kappa shape index (κ3) is 3.43. The summed E-state index contributed by atoms with van der Waals surface area (Å²) in [7, 11) is 1.68. The van der Waals surface area contributed by atoms with Crippen LogP contribution in [0.25, 0.3) is 0 Å². The highest BCUT2D eigenvalue weighted by atomic mass is 16.5. The minimum atomic E-state index is 0.362. The lowest BCUT2D eigenvalue weighted by molar-refractivity contribution is 0.203. The average molecular weight is 233 g/mol. The summed E-state index contributed by atoms with van der Waals surface area (Å²) in [5, 5.41) is 9.08. The Balaban J connectivity index is 2.99. The Labute approximate surface area is 103 Å². The maximum atomic E-state index is 9.08. The van der Waals surface area contributed by atoms with Gasteiger partial charge < -0.3 is 9.64 Å². The molecule has 0 aliphatic carbocycles. The van der Waals surface area contributed by atoms with E-state index < -0.39 is 0 Å². The van der Waals surface area contributed by atoms with Crippen LogP contribution in [0.15, 0.2) is 18.3 Å². The number of pyridine rings is 1. The van der Waals surface area contributed by atoms with E-state index in [2.05, 4.69) is 29.8 Å². The van der Waals surface area contributed by atoms with Crippen molar-refractivity contribution in [3.05, 3.63) is 24.0 Å². The normalized spacial score (nSPS) is 11.9. The lowest BCUT2D eigenvalue weighted by Gasteiger charge is -2.30. The summed E-state index contributed by atoms with van der Waals surface area (Å²) in [5.41, 5.74) is 1.37. The summed E-state index contributed by atoms with van der Waals surface area (Å²) in [6.07, 6.45) is 2.66. The van der Waals surface area contributed by atoms with Crippen molar-refractivity contribution in [2.75, 3.05) is 25.2 Å². The Bertz CT molecular complexity index is 386. The molecule has 0 saturated heterocycles. The van der Waals surface area contributed by atoms with Crippen molar-refractivity contribution in [3.8, 4) is 6.07 Å². The summed E-state index contributed by atoms with van der Waals surface area (Å²) < 4.78 is 5.12. The summed E-state index contributed by atoms with van der Waals surface area (Å²) >= 11 is 0. The van der Waals surface area contributed by atoms with Gasteiger partial charge in [0.2, 0.25) is 0 Å². The van der Waals surface area contributed by atoms with E-state index in [1.54, 1.807) is 13.3 Å². The van der Waals surface area contributed by atoms with Gasteiger partial charge in [-0.2, -0.15) is 5.26 Å². The number of nitriles is 1. The van der Waals surface area contributed by atoms with Crippen molar-refractivity contribution < 1.29 is 4.74 Å². The van der Waals surface area contributed by atoms with Crippen molar-refractivity contribution in [3.63, 3.8) is 0 Å². The second-order valence-electron chi connectivity index (χ2n) is 3.93. The molecule has 4 heteroatoms. The van der Waals surface area contributed by atoms with Gasteiger partial charge in [-0.25, -0.2) is 4.98 Å². The first-order valence-electron chi connectivity index (χ1n) is 5.85. The third-order valence-corrected chi connectivity index (χ3v) is 2.86. The molecule has 0 spiro atoms. The largest absolute Gasteiger partial charge is 0.383 e. The lowest BCUT2D eigenvalue weighted by Crippen LogP contribution is -2.36. The number of rotatable bonds is 6. The topological polar surface area (TPSA) is 49.1 Å². The standard InChI is InChI=1S/C13H19N3O/c1-4-11(2)16(8-9-17-3)13-6-5-7-15-12(13)10-14/h5-7,11H,4,8-9H2,1-3H3. The molecule has 0 fully saturated rings. The maximum Gasteiger partial charge on any atom is 0.163 e. The van der Waals surface area contributed by atoms with Gasteiger partial charge in [0.25, 0.3) is 0 Å². The fourth-order valence-corrected chi connectivity index (χ4v) is 1.70. The molecule has 0 aliphatic rings. The van der Waals surface area contributed by atoms with E-state index in [0.717, 1.165) is 18.7 Å². The van der Waals surface area contributed by atoms with Crippen LogP contribution < -0.4 is 4.90 Å². The Morgan fingerprint density at radius 1 is 1.59 bits per heavy atom. The zero-order chi connectivity index (χ0) is 12.7. The molecule has 1 aromatic heterocycles. The van der Waals surface area contributed by atoms with E-state index in [1.807, 2.05) is 12.1 Å². The van der Waals surface area contributed by atoms with Crippen molar-refractivity contribution in [1.29, 1.82) is 5.26 Å². The van der Waals surface area contributed by atoms with E-state index >= 15 is 0 Å². The van der Waals surface area contributed by atoms with Crippen LogP contribution in [0.3, 0.4) is 0 Å². The van der Waals surface area contributed by atoms with Gasteiger partial charge in [0.05, 0.1) is 12.3 Å². The highest BCUT2D eigenvalue weighted by Gasteiger charge is 2.16. The van der Waals surface area contributed by atoms with Gasteiger partial charge in [-0.3, -0.25) is 0 Å².